The van der Waals surface area contributed by atoms with Gasteiger partial charge in [-0.15, -0.1) is 0 Å². The van der Waals surface area contributed by atoms with E-state index in [2.05, 4.69) is 12.2 Å². The quantitative estimate of drug-likeness (QED) is 0.843. The van der Waals surface area contributed by atoms with E-state index >= 15 is 0 Å². The third-order valence-electron chi connectivity index (χ3n) is 3.51. The van der Waals surface area contributed by atoms with Crippen LogP contribution in [0, 0.1) is 5.92 Å². The fraction of sp³-hybridized carbons (Fsp3) is 0.571. The minimum absolute atomic E-state index is 0.0565. The lowest BCUT2D eigenvalue weighted by atomic mass is 9.82. The lowest BCUT2D eigenvalue weighted by Gasteiger charge is -2.33. The first-order valence-corrected chi connectivity index (χ1v) is 6.31. The monoisotopic (exact) mass is 251 g/mol. The summed E-state index contributed by atoms with van der Waals surface area (Å²) in [6.07, 6.45) is 2.48. The Morgan fingerprint density at radius 2 is 1.78 bits per heavy atom. The van der Waals surface area contributed by atoms with Crippen molar-refractivity contribution in [1.29, 1.82) is 0 Å². The van der Waals surface area contributed by atoms with Crippen LogP contribution in [0.15, 0.2) is 12.1 Å². The van der Waals surface area contributed by atoms with Crippen LogP contribution in [0.2, 0.25) is 0 Å². The van der Waals surface area contributed by atoms with Crippen LogP contribution in [0.3, 0.4) is 0 Å². The van der Waals surface area contributed by atoms with Crippen molar-refractivity contribution in [3.8, 4) is 17.2 Å². The Morgan fingerprint density at radius 1 is 1.22 bits per heavy atom. The molecule has 0 unspecified atom stereocenters. The van der Waals surface area contributed by atoms with E-state index in [1.54, 1.807) is 14.2 Å². The summed E-state index contributed by atoms with van der Waals surface area (Å²) in [5, 5.41) is 13.3. The van der Waals surface area contributed by atoms with E-state index in [1.807, 2.05) is 12.1 Å². The molecule has 1 aromatic carbocycles. The fourth-order valence-corrected chi connectivity index (χ4v) is 2.38. The van der Waals surface area contributed by atoms with E-state index in [0.717, 1.165) is 18.0 Å². The van der Waals surface area contributed by atoms with Gasteiger partial charge < -0.3 is 19.9 Å². The highest BCUT2D eigenvalue weighted by Gasteiger charge is 2.24. The molecular formula is C14H21NO3. The SMILES string of the molecule is COc1cc(CNC2CC(C)C2)cc(OC)c1O. The van der Waals surface area contributed by atoms with Crippen molar-refractivity contribution in [2.24, 2.45) is 5.92 Å². The Balaban J connectivity index is 2.03. The number of aromatic hydroxyl groups is 1. The molecule has 2 N–H and O–H groups in total. The molecule has 100 valence electrons. The van der Waals surface area contributed by atoms with Gasteiger partial charge in [-0.3, -0.25) is 0 Å². The standard InChI is InChI=1S/C14H21NO3/c1-9-4-11(5-9)15-8-10-6-12(17-2)14(16)13(7-10)18-3/h6-7,9,11,15-16H,4-5,8H2,1-3H3. The zero-order valence-electron chi connectivity index (χ0n) is 11.2. The minimum atomic E-state index is 0.0565. The van der Waals surface area contributed by atoms with Crippen LogP contribution in [0.5, 0.6) is 17.2 Å². The van der Waals surface area contributed by atoms with Gasteiger partial charge in [-0.05, 0) is 36.5 Å². The van der Waals surface area contributed by atoms with Crippen molar-refractivity contribution in [1.82, 2.24) is 5.32 Å². The molecule has 0 amide bonds. The predicted octanol–water partition coefficient (Wildman–Crippen LogP) is 2.30. The van der Waals surface area contributed by atoms with Gasteiger partial charge in [0.2, 0.25) is 5.75 Å². The molecular weight excluding hydrogens is 230 g/mol. The molecule has 2 rings (SSSR count). The van der Waals surface area contributed by atoms with Crippen LogP contribution in [-0.4, -0.2) is 25.4 Å². The van der Waals surface area contributed by atoms with E-state index < -0.39 is 0 Å². The van der Waals surface area contributed by atoms with Gasteiger partial charge in [0.05, 0.1) is 14.2 Å². The Hall–Kier alpha value is -1.42. The van der Waals surface area contributed by atoms with Gasteiger partial charge >= 0.3 is 0 Å². The average molecular weight is 251 g/mol. The Morgan fingerprint density at radius 3 is 2.22 bits per heavy atom. The van der Waals surface area contributed by atoms with Crippen molar-refractivity contribution in [3.63, 3.8) is 0 Å². The van der Waals surface area contributed by atoms with E-state index in [9.17, 15) is 5.11 Å². The highest BCUT2D eigenvalue weighted by Crippen LogP contribution is 2.37. The molecule has 18 heavy (non-hydrogen) atoms. The summed E-state index contributed by atoms with van der Waals surface area (Å²) in [4.78, 5) is 0. The van der Waals surface area contributed by atoms with Gasteiger partial charge in [0.1, 0.15) is 0 Å². The predicted molar refractivity (Wildman–Crippen MR) is 70.2 cm³/mol. The highest BCUT2D eigenvalue weighted by molar-refractivity contribution is 5.52. The van der Waals surface area contributed by atoms with Gasteiger partial charge in [-0.2, -0.15) is 0 Å². The number of methoxy groups -OCH3 is 2. The summed E-state index contributed by atoms with van der Waals surface area (Å²) in [7, 11) is 3.08. The maximum atomic E-state index is 9.81. The van der Waals surface area contributed by atoms with Crippen LogP contribution in [-0.2, 0) is 6.54 Å². The van der Waals surface area contributed by atoms with Gasteiger partial charge in [-0.1, -0.05) is 6.92 Å². The topological polar surface area (TPSA) is 50.7 Å². The van der Waals surface area contributed by atoms with Crippen LogP contribution in [0.4, 0.5) is 0 Å². The van der Waals surface area contributed by atoms with Crippen LogP contribution in [0.1, 0.15) is 25.3 Å². The Bertz CT molecular complexity index is 388. The molecule has 1 fully saturated rings. The molecule has 1 aliphatic rings. The second-order valence-corrected chi connectivity index (χ2v) is 5.00. The lowest BCUT2D eigenvalue weighted by Crippen LogP contribution is -2.39. The summed E-state index contributed by atoms with van der Waals surface area (Å²) >= 11 is 0. The van der Waals surface area contributed by atoms with Crippen molar-refractivity contribution >= 4 is 0 Å². The maximum absolute atomic E-state index is 9.81. The van der Waals surface area contributed by atoms with Gasteiger partial charge in [0.25, 0.3) is 0 Å². The molecule has 0 aliphatic heterocycles. The smallest absolute Gasteiger partial charge is 0.200 e. The third kappa shape index (κ3) is 2.70. The normalized spacial score (nSPS) is 22.4. The summed E-state index contributed by atoms with van der Waals surface area (Å²) in [6.45, 7) is 3.04. The highest BCUT2D eigenvalue weighted by atomic mass is 16.5. The molecule has 4 nitrogen and oxygen atoms in total. The van der Waals surface area contributed by atoms with Crippen molar-refractivity contribution in [2.75, 3.05) is 14.2 Å². The van der Waals surface area contributed by atoms with Gasteiger partial charge in [-0.25, -0.2) is 0 Å². The second-order valence-electron chi connectivity index (χ2n) is 5.00. The van der Waals surface area contributed by atoms with Crippen LogP contribution < -0.4 is 14.8 Å². The minimum Gasteiger partial charge on any atom is -0.502 e. The van der Waals surface area contributed by atoms with Crippen molar-refractivity contribution in [3.05, 3.63) is 17.7 Å². The average Bonchev–Trinajstić information content (AvgIpc) is 2.34. The molecule has 0 radical (unpaired) electrons. The largest absolute Gasteiger partial charge is 0.502 e. The number of hydrogen-bond acceptors (Lipinski definition) is 4. The number of nitrogens with one attached hydrogen (secondary N) is 1. The van der Waals surface area contributed by atoms with Gasteiger partial charge in [0, 0.05) is 12.6 Å². The Labute approximate surface area is 108 Å². The first kappa shape index (κ1) is 13.0. The number of hydrogen-bond donors (Lipinski definition) is 2. The number of phenolic OH excluding ortho intramolecular Hbond substituents is 1. The molecule has 0 saturated heterocycles. The molecule has 0 bridgehead atoms. The number of rotatable bonds is 5. The summed E-state index contributed by atoms with van der Waals surface area (Å²) in [5.41, 5.74) is 1.06. The summed E-state index contributed by atoms with van der Waals surface area (Å²) in [6, 6.07) is 4.30. The van der Waals surface area contributed by atoms with Crippen molar-refractivity contribution < 1.29 is 14.6 Å². The molecule has 0 aromatic heterocycles. The zero-order chi connectivity index (χ0) is 13.1. The van der Waals surface area contributed by atoms with E-state index in [-0.39, 0.29) is 5.75 Å². The Kier molecular flexibility index (Phi) is 3.97. The van der Waals surface area contributed by atoms with Crippen LogP contribution >= 0.6 is 0 Å². The number of benzene rings is 1. The number of phenols is 1. The molecule has 0 heterocycles. The summed E-state index contributed by atoms with van der Waals surface area (Å²) in [5.74, 6) is 1.80. The molecule has 4 heteroatoms. The molecule has 1 saturated carbocycles. The van der Waals surface area contributed by atoms with E-state index in [4.69, 9.17) is 9.47 Å². The first-order valence-electron chi connectivity index (χ1n) is 6.31. The van der Waals surface area contributed by atoms with E-state index in [1.165, 1.54) is 12.8 Å². The number of ether oxygens (including phenoxy) is 2. The second kappa shape index (κ2) is 5.48. The van der Waals surface area contributed by atoms with E-state index in [0.29, 0.717) is 17.5 Å². The molecule has 1 aromatic rings. The van der Waals surface area contributed by atoms with Crippen LogP contribution in [0.25, 0.3) is 0 Å². The maximum Gasteiger partial charge on any atom is 0.200 e. The lowest BCUT2D eigenvalue weighted by molar-refractivity contribution is 0.240. The van der Waals surface area contributed by atoms with Gasteiger partial charge in [0.15, 0.2) is 11.5 Å². The first-order chi connectivity index (χ1) is 8.63. The zero-order valence-corrected chi connectivity index (χ0v) is 11.2. The third-order valence-corrected chi connectivity index (χ3v) is 3.51. The van der Waals surface area contributed by atoms with Crippen molar-refractivity contribution in [2.45, 2.75) is 32.4 Å². The fourth-order valence-electron chi connectivity index (χ4n) is 2.38. The molecule has 0 atom stereocenters. The summed E-state index contributed by atoms with van der Waals surface area (Å²) < 4.78 is 10.3. The molecule has 1 aliphatic carbocycles. The molecule has 0 spiro atoms.